The Hall–Kier alpha value is -2.95. The number of rotatable bonds is 3. The highest BCUT2D eigenvalue weighted by atomic mass is 16.6. The molecule has 104 valence electrons. The number of carbonyl (C=O) groups excluding carboxylic acids is 1. The Morgan fingerprint density at radius 1 is 1.19 bits per heavy atom. The lowest BCUT2D eigenvalue weighted by Gasteiger charge is -2.01. The van der Waals surface area contributed by atoms with Crippen molar-refractivity contribution in [1.29, 1.82) is 0 Å². The third kappa shape index (κ3) is 2.18. The second-order valence-corrected chi connectivity index (χ2v) is 4.89. The first kappa shape index (κ1) is 13.1. The quantitative estimate of drug-likeness (QED) is 0.449. The Kier molecular flexibility index (Phi) is 3.02. The maximum absolute atomic E-state index is 11.5. The van der Waals surface area contributed by atoms with Crippen LogP contribution in [0.15, 0.2) is 42.5 Å². The van der Waals surface area contributed by atoms with Gasteiger partial charge in [0, 0.05) is 28.6 Å². The van der Waals surface area contributed by atoms with Crippen LogP contribution in [0.3, 0.4) is 0 Å². The van der Waals surface area contributed by atoms with E-state index >= 15 is 0 Å². The molecule has 0 aliphatic carbocycles. The number of carbonyl (C=O) groups is 1. The van der Waals surface area contributed by atoms with Gasteiger partial charge in [-0.15, -0.1) is 0 Å². The monoisotopic (exact) mass is 280 g/mol. The molecule has 0 amide bonds. The zero-order valence-corrected chi connectivity index (χ0v) is 11.3. The number of non-ortho nitro benzene ring substituents is 1. The molecule has 3 rings (SSSR count). The molecule has 0 atom stereocenters. The fourth-order valence-corrected chi connectivity index (χ4v) is 2.46. The number of aldehydes is 1. The summed E-state index contributed by atoms with van der Waals surface area (Å²) in [6.07, 6.45) is 0.736. The van der Waals surface area contributed by atoms with Gasteiger partial charge in [-0.3, -0.25) is 14.9 Å². The molecule has 5 heteroatoms. The fraction of sp³-hybridized carbons (Fsp3) is 0.0625. The van der Waals surface area contributed by atoms with Crippen molar-refractivity contribution < 1.29 is 9.72 Å². The highest BCUT2D eigenvalue weighted by molar-refractivity contribution is 6.05. The van der Waals surface area contributed by atoms with Gasteiger partial charge in [0.25, 0.3) is 5.69 Å². The molecule has 0 aliphatic heterocycles. The third-order valence-corrected chi connectivity index (χ3v) is 3.46. The van der Waals surface area contributed by atoms with Gasteiger partial charge in [0.1, 0.15) is 0 Å². The predicted molar refractivity (Wildman–Crippen MR) is 80.5 cm³/mol. The first-order chi connectivity index (χ1) is 10.1. The summed E-state index contributed by atoms with van der Waals surface area (Å²) < 4.78 is 0. The van der Waals surface area contributed by atoms with Crippen molar-refractivity contribution >= 4 is 22.9 Å². The second-order valence-electron chi connectivity index (χ2n) is 4.89. The lowest BCUT2D eigenvalue weighted by atomic mass is 10.0. The number of nitrogens with zero attached hydrogens (tertiary/aromatic N) is 1. The Morgan fingerprint density at radius 2 is 2.00 bits per heavy atom. The van der Waals surface area contributed by atoms with E-state index in [9.17, 15) is 14.9 Å². The van der Waals surface area contributed by atoms with Gasteiger partial charge in [0.05, 0.1) is 10.6 Å². The van der Waals surface area contributed by atoms with E-state index in [4.69, 9.17) is 0 Å². The van der Waals surface area contributed by atoms with Gasteiger partial charge in [-0.2, -0.15) is 0 Å². The highest BCUT2D eigenvalue weighted by Crippen LogP contribution is 2.31. The van der Waals surface area contributed by atoms with Crippen molar-refractivity contribution in [3.8, 4) is 11.3 Å². The van der Waals surface area contributed by atoms with Gasteiger partial charge < -0.3 is 4.98 Å². The number of nitrogens with one attached hydrogen (secondary N) is 1. The Bertz CT molecular complexity index is 865. The molecule has 0 bridgehead atoms. The number of nitro groups is 1. The van der Waals surface area contributed by atoms with E-state index in [0.717, 1.165) is 17.4 Å². The molecule has 1 aromatic heterocycles. The Morgan fingerprint density at radius 3 is 2.67 bits per heavy atom. The molecule has 5 nitrogen and oxygen atoms in total. The summed E-state index contributed by atoms with van der Waals surface area (Å²) in [6.45, 7) is 1.97. The van der Waals surface area contributed by atoms with Gasteiger partial charge in [0.15, 0.2) is 6.29 Å². The van der Waals surface area contributed by atoms with Crippen LogP contribution in [0.5, 0.6) is 0 Å². The summed E-state index contributed by atoms with van der Waals surface area (Å²) in [4.78, 5) is 25.0. The molecule has 0 spiro atoms. The minimum absolute atomic E-state index is 0.0274. The van der Waals surface area contributed by atoms with E-state index in [0.29, 0.717) is 22.2 Å². The number of benzene rings is 2. The van der Waals surface area contributed by atoms with E-state index in [1.165, 1.54) is 12.1 Å². The summed E-state index contributed by atoms with van der Waals surface area (Å²) >= 11 is 0. The fourth-order valence-electron chi connectivity index (χ4n) is 2.46. The van der Waals surface area contributed by atoms with Crippen molar-refractivity contribution in [3.63, 3.8) is 0 Å². The molecule has 1 heterocycles. The number of aromatic nitrogens is 1. The number of nitro benzene ring substituents is 1. The standard InChI is InChI=1S/C16H12N2O3/c1-10-3-2-4-11(7-10)16-14(9-19)13-8-12(18(20)21)5-6-15(13)17-16/h2-9,17H,1H3. The number of hydrogen-bond acceptors (Lipinski definition) is 3. The van der Waals surface area contributed by atoms with Crippen LogP contribution in [0.1, 0.15) is 15.9 Å². The number of aromatic amines is 1. The zero-order valence-electron chi connectivity index (χ0n) is 11.3. The maximum atomic E-state index is 11.5. The van der Waals surface area contributed by atoms with E-state index < -0.39 is 4.92 Å². The summed E-state index contributed by atoms with van der Waals surface area (Å²) in [6, 6.07) is 12.2. The minimum Gasteiger partial charge on any atom is -0.354 e. The van der Waals surface area contributed by atoms with E-state index in [1.807, 2.05) is 31.2 Å². The van der Waals surface area contributed by atoms with Crippen LogP contribution in [0.25, 0.3) is 22.2 Å². The Balaban J connectivity index is 2.29. The molecule has 2 aromatic carbocycles. The first-order valence-corrected chi connectivity index (χ1v) is 6.42. The van der Waals surface area contributed by atoms with E-state index in [2.05, 4.69) is 4.98 Å². The van der Waals surface area contributed by atoms with Gasteiger partial charge in [-0.1, -0.05) is 23.8 Å². The molecular formula is C16H12N2O3. The average Bonchev–Trinajstić information content (AvgIpc) is 2.84. The van der Waals surface area contributed by atoms with Crippen LogP contribution < -0.4 is 0 Å². The molecule has 0 unspecified atom stereocenters. The molecule has 3 aromatic rings. The van der Waals surface area contributed by atoms with Gasteiger partial charge >= 0.3 is 0 Å². The first-order valence-electron chi connectivity index (χ1n) is 6.42. The van der Waals surface area contributed by atoms with Crippen molar-refractivity contribution in [1.82, 2.24) is 4.98 Å². The van der Waals surface area contributed by atoms with Gasteiger partial charge in [-0.05, 0) is 24.6 Å². The van der Waals surface area contributed by atoms with Crippen molar-refractivity contribution in [2.24, 2.45) is 0 Å². The van der Waals surface area contributed by atoms with Crippen LogP contribution in [0, 0.1) is 17.0 Å². The molecule has 0 radical (unpaired) electrons. The second kappa shape index (κ2) is 4.86. The SMILES string of the molecule is Cc1cccc(-c2[nH]c3ccc([N+](=O)[O-])cc3c2C=O)c1. The van der Waals surface area contributed by atoms with Gasteiger partial charge in [0.2, 0.25) is 0 Å². The number of H-pyrrole nitrogens is 1. The average molecular weight is 280 g/mol. The zero-order chi connectivity index (χ0) is 15.0. The Labute approximate surface area is 120 Å². The summed E-state index contributed by atoms with van der Waals surface area (Å²) in [5.74, 6) is 0. The lowest BCUT2D eigenvalue weighted by Crippen LogP contribution is -1.87. The van der Waals surface area contributed by atoms with Crippen LogP contribution in [-0.2, 0) is 0 Å². The summed E-state index contributed by atoms with van der Waals surface area (Å²) in [5, 5.41) is 11.4. The summed E-state index contributed by atoms with van der Waals surface area (Å²) in [7, 11) is 0. The molecule has 0 aliphatic rings. The van der Waals surface area contributed by atoms with Crippen LogP contribution in [-0.4, -0.2) is 16.2 Å². The van der Waals surface area contributed by atoms with Gasteiger partial charge in [-0.25, -0.2) is 0 Å². The third-order valence-electron chi connectivity index (χ3n) is 3.46. The van der Waals surface area contributed by atoms with Crippen molar-refractivity contribution in [2.75, 3.05) is 0 Å². The van der Waals surface area contributed by atoms with E-state index in [1.54, 1.807) is 6.07 Å². The largest absolute Gasteiger partial charge is 0.354 e. The lowest BCUT2D eigenvalue weighted by molar-refractivity contribution is -0.384. The highest BCUT2D eigenvalue weighted by Gasteiger charge is 2.15. The predicted octanol–water partition coefficient (Wildman–Crippen LogP) is 3.86. The molecule has 21 heavy (non-hydrogen) atoms. The minimum atomic E-state index is -0.465. The molecule has 0 saturated heterocycles. The number of fused-ring (bicyclic) bond motifs is 1. The molecule has 0 fully saturated rings. The number of aryl methyl sites for hydroxylation is 1. The molecule has 1 N–H and O–H groups in total. The molecule has 0 saturated carbocycles. The van der Waals surface area contributed by atoms with Crippen molar-refractivity contribution in [2.45, 2.75) is 6.92 Å². The maximum Gasteiger partial charge on any atom is 0.270 e. The van der Waals surface area contributed by atoms with Crippen molar-refractivity contribution in [3.05, 3.63) is 63.7 Å². The smallest absolute Gasteiger partial charge is 0.270 e. The van der Waals surface area contributed by atoms with Crippen LogP contribution >= 0.6 is 0 Å². The number of hydrogen-bond donors (Lipinski definition) is 1. The van der Waals surface area contributed by atoms with Crippen LogP contribution in [0.4, 0.5) is 5.69 Å². The van der Waals surface area contributed by atoms with Crippen LogP contribution in [0.2, 0.25) is 0 Å². The summed E-state index contributed by atoms with van der Waals surface area (Å²) in [5.41, 5.74) is 3.77. The topological polar surface area (TPSA) is 76.0 Å². The molecular weight excluding hydrogens is 268 g/mol. The van der Waals surface area contributed by atoms with E-state index in [-0.39, 0.29) is 5.69 Å². The normalized spacial score (nSPS) is 10.7.